The van der Waals surface area contributed by atoms with Gasteiger partial charge in [0.05, 0.1) is 20.8 Å². The van der Waals surface area contributed by atoms with Crippen molar-refractivity contribution in [1.82, 2.24) is 19.9 Å². The summed E-state index contributed by atoms with van der Waals surface area (Å²) in [5.41, 5.74) is 3.00. The summed E-state index contributed by atoms with van der Waals surface area (Å²) in [5, 5.41) is 4.10. The van der Waals surface area contributed by atoms with Gasteiger partial charge in [0.2, 0.25) is 17.6 Å². The predicted octanol–water partition coefficient (Wildman–Crippen LogP) is 3.42. The lowest BCUT2D eigenvalue weighted by Gasteiger charge is -2.33. The Hall–Kier alpha value is -3.65. The Balaban J connectivity index is 1.28. The second kappa shape index (κ2) is 10.3. The Kier molecular flexibility index (Phi) is 7.04. The molecule has 2 heterocycles. The summed E-state index contributed by atoms with van der Waals surface area (Å²) in [6, 6.07) is 13.6. The van der Waals surface area contributed by atoms with E-state index in [1.54, 1.807) is 26.4 Å². The van der Waals surface area contributed by atoms with E-state index in [4.69, 9.17) is 14.0 Å². The number of rotatable bonds is 7. The molecule has 0 atom stereocenters. The number of aromatic nitrogens is 2. The average molecular weight is 449 g/mol. The zero-order valence-corrected chi connectivity index (χ0v) is 19.2. The van der Waals surface area contributed by atoms with Crippen LogP contribution in [0.15, 0.2) is 53.1 Å². The third-order valence-corrected chi connectivity index (χ3v) is 5.65. The number of piperazine rings is 1. The first kappa shape index (κ1) is 22.5. The highest BCUT2D eigenvalue weighted by Gasteiger charge is 2.21. The van der Waals surface area contributed by atoms with Crippen molar-refractivity contribution >= 4 is 12.0 Å². The van der Waals surface area contributed by atoms with E-state index < -0.39 is 0 Å². The number of carbonyl (C=O) groups is 1. The van der Waals surface area contributed by atoms with Gasteiger partial charge >= 0.3 is 0 Å². The van der Waals surface area contributed by atoms with Crippen LogP contribution in [-0.2, 0) is 11.3 Å². The molecular weight excluding hydrogens is 420 g/mol. The number of aryl methyl sites for hydroxylation is 1. The number of hydrogen-bond donors (Lipinski definition) is 0. The van der Waals surface area contributed by atoms with Gasteiger partial charge in [0.25, 0.3) is 0 Å². The van der Waals surface area contributed by atoms with Crippen LogP contribution in [0.3, 0.4) is 0 Å². The molecule has 0 radical (unpaired) electrons. The van der Waals surface area contributed by atoms with Crippen molar-refractivity contribution in [2.24, 2.45) is 0 Å². The van der Waals surface area contributed by atoms with Gasteiger partial charge in [0, 0.05) is 37.8 Å². The van der Waals surface area contributed by atoms with Crippen LogP contribution < -0.4 is 9.47 Å². The average Bonchev–Trinajstić information content (AvgIpc) is 3.31. The molecule has 8 nitrogen and oxygen atoms in total. The minimum atomic E-state index is -0.0103. The third kappa shape index (κ3) is 5.59. The molecule has 1 aliphatic rings. The predicted molar refractivity (Wildman–Crippen MR) is 125 cm³/mol. The smallest absolute Gasteiger partial charge is 0.246 e. The van der Waals surface area contributed by atoms with Crippen molar-refractivity contribution in [2.45, 2.75) is 13.5 Å². The van der Waals surface area contributed by atoms with Gasteiger partial charge in [-0.3, -0.25) is 9.69 Å². The number of ether oxygens (including phenoxy) is 2. The van der Waals surface area contributed by atoms with Crippen molar-refractivity contribution in [3.63, 3.8) is 0 Å². The minimum absolute atomic E-state index is 0.0103. The van der Waals surface area contributed by atoms with E-state index in [9.17, 15) is 4.79 Å². The van der Waals surface area contributed by atoms with Crippen LogP contribution in [0.1, 0.15) is 17.0 Å². The van der Waals surface area contributed by atoms with Crippen LogP contribution >= 0.6 is 0 Å². The first-order chi connectivity index (χ1) is 16.1. The molecule has 0 spiro atoms. The molecule has 1 aliphatic heterocycles. The Morgan fingerprint density at radius 3 is 2.45 bits per heavy atom. The molecule has 0 saturated carbocycles. The Bertz CT molecular complexity index is 1120. The zero-order chi connectivity index (χ0) is 23.2. The van der Waals surface area contributed by atoms with Crippen LogP contribution in [-0.4, -0.2) is 66.2 Å². The lowest BCUT2D eigenvalue weighted by atomic mass is 10.1. The fourth-order valence-corrected chi connectivity index (χ4v) is 3.69. The first-order valence-electron chi connectivity index (χ1n) is 10.9. The van der Waals surface area contributed by atoms with Gasteiger partial charge in [0.1, 0.15) is 0 Å². The highest BCUT2D eigenvalue weighted by Crippen LogP contribution is 2.28. The second-order valence-electron chi connectivity index (χ2n) is 7.93. The molecule has 0 unspecified atom stereocenters. The standard InChI is InChI=1S/C25H28N4O4/c1-18-4-8-20(9-5-18)25-26-23(33-27-25)17-28-12-14-29(15-13-28)24(30)11-7-19-6-10-21(31-2)22(16-19)32-3/h4-11,16H,12-15,17H2,1-3H3/b11-7+. The monoisotopic (exact) mass is 448 g/mol. The number of amides is 1. The van der Waals surface area contributed by atoms with Gasteiger partial charge in [-0.15, -0.1) is 0 Å². The molecule has 4 rings (SSSR count). The summed E-state index contributed by atoms with van der Waals surface area (Å²) in [6.45, 7) is 5.41. The SMILES string of the molecule is COc1ccc(/C=C/C(=O)N2CCN(Cc3nc(-c4ccc(C)cc4)no3)CC2)cc1OC. The maximum Gasteiger partial charge on any atom is 0.246 e. The summed E-state index contributed by atoms with van der Waals surface area (Å²) < 4.78 is 16.0. The van der Waals surface area contributed by atoms with Gasteiger partial charge in [-0.25, -0.2) is 0 Å². The molecule has 1 aromatic heterocycles. The number of methoxy groups -OCH3 is 2. The van der Waals surface area contributed by atoms with Crippen molar-refractivity contribution in [3.05, 3.63) is 65.6 Å². The summed E-state index contributed by atoms with van der Waals surface area (Å²) >= 11 is 0. The lowest BCUT2D eigenvalue weighted by Crippen LogP contribution is -2.47. The van der Waals surface area contributed by atoms with E-state index in [2.05, 4.69) is 15.0 Å². The van der Waals surface area contributed by atoms with Crippen LogP contribution in [0, 0.1) is 6.92 Å². The maximum atomic E-state index is 12.6. The molecule has 0 aliphatic carbocycles. The number of hydrogen-bond acceptors (Lipinski definition) is 7. The molecule has 1 fully saturated rings. The minimum Gasteiger partial charge on any atom is -0.493 e. The van der Waals surface area contributed by atoms with E-state index in [1.165, 1.54) is 5.56 Å². The van der Waals surface area contributed by atoms with Gasteiger partial charge in [-0.1, -0.05) is 41.1 Å². The molecule has 33 heavy (non-hydrogen) atoms. The Labute approximate surface area is 193 Å². The van der Waals surface area contributed by atoms with E-state index >= 15 is 0 Å². The summed E-state index contributed by atoms with van der Waals surface area (Å²) in [7, 11) is 3.19. The third-order valence-electron chi connectivity index (χ3n) is 5.65. The van der Waals surface area contributed by atoms with Crippen LogP contribution in [0.4, 0.5) is 0 Å². The van der Waals surface area contributed by atoms with Gasteiger partial charge in [-0.2, -0.15) is 4.98 Å². The van der Waals surface area contributed by atoms with Crippen molar-refractivity contribution < 1.29 is 18.8 Å². The summed E-state index contributed by atoms with van der Waals surface area (Å²) in [6.07, 6.45) is 3.39. The first-order valence-corrected chi connectivity index (χ1v) is 10.9. The van der Waals surface area contributed by atoms with Crippen LogP contribution in [0.25, 0.3) is 17.5 Å². The molecule has 3 aromatic rings. The zero-order valence-electron chi connectivity index (χ0n) is 19.2. The van der Waals surface area contributed by atoms with E-state index in [1.807, 2.05) is 54.3 Å². The van der Waals surface area contributed by atoms with Crippen molar-refractivity contribution in [2.75, 3.05) is 40.4 Å². The van der Waals surface area contributed by atoms with E-state index in [0.717, 1.165) is 24.2 Å². The number of benzene rings is 2. The number of nitrogens with zero attached hydrogens (tertiary/aromatic N) is 4. The van der Waals surface area contributed by atoms with E-state index in [-0.39, 0.29) is 5.91 Å². The molecule has 172 valence electrons. The van der Waals surface area contributed by atoms with Crippen molar-refractivity contribution in [3.8, 4) is 22.9 Å². The second-order valence-corrected chi connectivity index (χ2v) is 7.93. The highest BCUT2D eigenvalue weighted by molar-refractivity contribution is 5.92. The molecule has 2 aromatic carbocycles. The summed E-state index contributed by atoms with van der Waals surface area (Å²) in [4.78, 5) is 21.2. The lowest BCUT2D eigenvalue weighted by molar-refractivity contribution is -0.127. The highest BCUT2D eigenvalue weighted by atomic mass is 16.5. The molecule has 0 bridgehead atoms. The van der Waals surface area contributed by atoms with E-state index in [0.29, 0.717) is 42.8 Å². The molecule has 0 N–H and O–H groups in total. The Morgan fingerprint density at radius 1 is 1.03 bits per heavy atom. The topological polar surface area (TPSA) is 80.9 Å². The Morgan fingerprint density at radius 2 is 1.76 bits per heavy atom. The molecule has 1 amide bonds. The quantitative estimate of drug-likeness (QED) is 0.512. The normalized spacial score (nSPS) is 14.6. The molecular formula is C25H28N4O4. The molecule has 1 saturated heterocycles. The summed E-state index contributed by atoms with van der Waals surface area (Å²) in [5.74, 6) is 2.46. The van der Waals surface area contributed by atoms with Crippen LogP contribution in [0.2, 0.25) is 0 Å². The number of carbonyl (C=O) groups excluding carboxylic acids is 1. The van der Waals surface area contributed by atoms with Gasteiger partial charge in [-0.05, 0) is 30.7 Å². The van der Waals surface area contributed by atoms with Gasteiger partial charge in [0.15, 0.2) is 11.5 Å². The van der Waals surface area contributed by atoms with Crippen LogP contribution in [0.5, 0.6) is 11.5 Å². The largest absolute Gasteiger partial charge is 0.493 e. The van der Waals surface area contributed by atoms with Crippen molar-refractivity contribution in [1.29, 1.82) is 0 Å². The maximum absolute atomic E-state index is 12.6. The fourth-order valence-electron chi connectivity index (χ4n) is 3.69. The fraction of sp³-hybridized carbons (Fsp3) is 0.320. The van der Waals surface area contributed by atoms with Gasteiger partial charge < -0.3 is 18.9 Å². The molecule has 8 heteroatoms.